The second kappa shape index (κ2) is 9.63. The van der Waals surface area contributed by atoms with Crippen LogP contribution >= 0.6 is 23.2 Å². The fraction of sp³-hybridized carbons (Fsp3) is 0.429. The first-order valence-electron chi connectivity index (χ1n) is 6.78. The number of imide groups is 1. The zero-order valence-corrected chi connectivity index (χ0v) is 13.5. The van der Waals surface area contributed by atoms with Crippen LogP contribution in [0.4, 0.5) is 4.79 Å². The van der Waals surface area contributed by atoms with E-state index in [1.807, 2.05) is 16.3 Å². The van der Waals surface area contributed by atoms with Crippen LogP contribution in [-0.4, -0.2) is 41.6 Å². The molecular formula is C14H19Cl2N3O3. The number of rotatable bonds is 8. The summed E-state index contributed by atoms with van der Waals surface area (Å²) in [4.78, 5) is 24.0. The third-order valence-corrected chi connectivity index (χ3v) is 3.68. The van der Waals surface area contributed by atoms with Crippen molar-refractivity contribution in [3.63, 3.8) is 0 Å². The molecule has 122 valence electrons. The van der Waals surface area contributed by atoms with Gasteiger partial charge in [0.2, 0.25) is 5.91 Å². The summed E-state index contributed by atoms with van der Waals surface area (Å²) >= 11 is 11.9. The molecular weight excluding hydrogens is 329 g/mol. The molecule has 1 rings (SSSR count). The molecule has 0 radical (unpaired) electrons. The van der Waals surface area contributed by atoms with Gasteiger partial charge < -0.3 is 10.8 Å². The first-order chi connectivity index (χ1) is 10.4. The van der Waals surface area contributed by atoms with Crippen molar-refractivity contribution in [1.29, 1.82) is 0 Å². The fourth-order valence-corrected chi connectivity index (χ4v) is 2.24. The van der Waals surface area contributed by atoms with Crippen molar-refractivity contribution >= 4 is 35.1 Å². The number of hydrogen-bond acceptors (Lipinski definition) is 4. The lowest BCUT2D eigenvalue weighted by molar-refractivity contribution is -0.120. The van der Waals surface area contributed by atoms with E-state index in [2.05, 4.69) is 0 Å². The third-order valence-electron chi connectivity index (χ3n) is 2.94. The molecule has 0 saturated carbocycles. The Labute approximate surface area is 139 Å². The Morgan fingerprint density at radius 2 is 1.95 bits per heavy atom. The predicted molar refractivity (Wildman–Crippen MR) is 85.8 cm³/mol. The standard InChI is InChI=1S/C14H19Cl2N3O3/c15-11-3-2-10(8-12(11)16)9-19(5-1-7-20)6-4-13(21)18-14(17)22/h2-3,8,20H,1,4-7,9H2,(H3,17,18,21,22). The van der Waals surface area contributed by atoms with Crippen LogP contribution in [0.3, 0.4) is 0 Å². The summed E-state index contributed by atoms with van der Waals surface area (Å²) in [5.41, 5.74) is 5.84. The summed E-state index contributed by atoms with van der Waals surface area (Å²) in [5, 5.41) is 11.9. The summed E-state index contributed by atoms with van der Waals surface area (Å²) in [5.74, 6) is -0.435. The number of urea groups is 1. The second-order valence-corrected chi connectivity index (χ2v) is 5.58. The van der Waals surface area contributed by atoms with Gasteiger partial charge >= 0.3 is 6.03 Å². The summed E-state index contributed by atoms with van der Waals surface area (Å²) in [6.07, 6.45) is 0.717. The van der Waals surface area contributed by atoms with E-state index in [9.17, 15) is 9.59 Å². The first-order valence-corrected chi connectivity index (χ1v) is 7.54. The van der Waals surface area contributed by atoms with Gasteiger partial charge in [0.25, 0.3) is 0 Å². The monoisotopic (exact) mass is 347 g/mol. The van der Waals surface area contributed by atoms with Gasteiger partial charge in [-0.1, -0.05) is 29.3 Å². The van der Waals surface area contributed by atoms with Crippen LogP contribution in [0.5, 0.6) is 0 Å². The van der Waals surface area contributed by atoms with Crippen LogP contribution in [0.15, 0.2) is 18.2 Å². The smallest absolute Gasteiger partial charge is 0.318 e. The lowest BCUT2D eigenvalue weighted by Gasteiger charge is -2.22. The molecule has 0 saturated heterocycles. The minimum Gasteiger partial charge on any atom is -0.396 e. The molecule has 8 heteroatoms. The maximum absolute atomic E-state index is 11.5. The molecule has 0 atom stereocenters. The number of amides is 3. The molecule has 6 nitrogen and oxygen atoms in total. The number of benzene rings is 1. The van der Waals surface area contributed by atoms with E-state index >= 15 is 0 Å². The van der Waals surface area contributed by atoms with Crippen molar-refractivity contribution in [2.45, 2.75) is 19.4 Å². The maximum atomic E-state index is 11.5. The number of aliphatic hydroxyl groups excluding tert-OH is 1. The van der Waals surface area contributed by atoms with Gasteiger partial charge in [0.1, 0.15) is 0 Å². The highest BCUT2D eigenvalue weighted by Gasteiger charge is 2.11. The van der Waals surface area contributed by atoms with Crippen LogP contribution < -0.4 is 11.1 Å². The lowest BCUT2D eigenvalue weighted by atomic mass is 10.2. The Hall–Kier alpha value is -1.34. The zero-order chi connectivity index (χ0) is 16.5. The van der Waals surface area contributed by atoms with Crippen molar-refractivity contribution in [3.05, 3.63) is 33.8 Å². The number of nitrogens with one attached hydrogen (secondary N) is 1. The summed E-state index contributed by atoms with van der Waals surface area (Å²) in [6.45, 7) is 1.66. The Kier molecular flexibility index (Phi) is 8.19. The van der Waals surface area contributed by atoms with Gasteiger partial charge in [-0.05, 0) is 24.1 Å². The number of nitrogens with zero attached hydrogens (tertiary/aromatic N) is 1. The molecule has 0 fully saturated rings. The molecule has 0 unspecified atom stereocenters. The molecule has 0 heterocycles. The van der Waals surface area contributed by atoms with E-state index in [1.54, 1.807) is 12.1 Å². The average Bonchev–Trinajstić information content (AvgIpc) is 2.45. The molecule has 1 aromatic carbocycles. The Morgan fingerprint density at radius 3 is 2.55 bits per heavy atom. The van der Waals surface area contributed by atoms with Crippen molar-refractivity contribution in [2.75, 3.05) is 19.7 Å². The number of halogens is 2. The van der Waals surface area contributed by atoms with E-state index < -0.39 is 11.9 Å². The normalized spacial score (nSPS) is 10.7. The van der Waals surface area contributed by atoms with Crippen LogP contribution in [0.1, 0.15) is 18.4 Å². The molecule has 0 aliphatic heterocycles. The number of aliphatic hydroxyl groups is 1. The van der Waals surface area contributed by atoms with Gasteiger partial charge in [0.05, 0.1) is 10.0 Å². The van der Waals surface area contributed by atoms with Gasteiger partial charge in [-0.15, -0.1) is 0 Å². The van der Waals surface area contributed by atoms with E-state index in [-0.39, 0.29) is 13.0 Å². The largest absolute Gasteiger partial charge is 0.396 e. The SMILES string of the molecule is NC(=O)NC(=O)CCN(CCCO)Cc1ccc(Cl)c(Cl)c1. The van der Waals surface area contributed by atoms with Gasteiger partial charge in [-0.2, -0.15) is 0 Å². The fourth-order valence-electron chi connectivity index (χ4n) is 1.92. The average molecular weight is 348 g/mol. The Balaban J connectivity index is 2.61. The number of primary amides is 1. The minimum atomic E-state index is -0.864. The first kappa shape index (κ1) is 18.7. The van der Waals surface area contributed by atoms with E-state index in [0.717, 1.165) is 5.56 Å². The Bertz CT molecular complexity index is 526. The molecule has 0 aliphatic carbocycles. The quantitative estimate of drug-likeness (QED) is 0.667. The van der Waals surface area contributed by atoms with Crippen molar-refractivity contribution in [3.8, 4) is 0 Å². The van der Waals surface area contributed by atoms with Crippen LogP contribution in [0.25, 0.3) is 0 Å². The van der Waals surface area contributed by atoms with Gasteiger partial charge in [0, 0.05) is 32.7 Å². The second-order valence-electron chi connectivity index (χ2n) is 4.76. The summed E-state index contributed by atoms with van der Waals surface area (Å²) in [7, 11) is 0. The van der Waals surface area contributed by atoms with Crippen LogP contribution in [0, 0.1) is 0 Å². The summed E-state index contributed by atoms with van der Waals surface area (Å²) in [6, 6.07) is 4.46. The molecule has 1 aromatic rings. The van der Waals surface area contributed by atoms with Gasteiger partial charge in [-0.25, -0.2) is 4.79 Å². The molecule has 22 heavy (non-hydrogen) atoms. The summed E-state index contributed by atoms with van der Waals surface area (Å²) < 4.78 is 0. The molecule has 0 aromatic heterocycles. The highest BCUT2D eigenvalue weighted by molar-refractivity contribution is 6.42. The van der Waals surface area contributed by atoms with Crippen LogP contribution in [0.2, 0.25) is 10.0 Å². The van der Waals surface area contributed by atoms with E-state index in [0.29, 0.717) is 36.1 Å². The number of hydrogen-bond donors (Lipinski definition) is 3. The number of carbonyl (C=O) groups is 2. The highest BCUT2D eigenvalue weighted by atomic mass is 35.5. The minimum absolute atomic E-state index is 0.0609. The topological polar surface area (TPSA) is 95.7 Å². The predicted octanol–water partition coefficient (Wildman–Crippen LogP) is 1.76. The number of carbonyl (C=O) groups excluding carboxylic acids is 2. The maximum Gasteiger partial charge on any atom is 0.318 e. The Morgan fingerprint density at radius 1 is 1.23 bits per heavy atom. The molecule has 0 spiro atoms. The third kappa shape index (κ3) is 7.09. The lowest BCUT2D eigenvalue weighted by Crippen LogP contribution is -2.37. The van der Waals surface area contributed by atoms with Crippen molar-refractivity contribution < 1.29 is 14.7 Å². The molecule has 0 bridgehead atoms. The van der Waals surface area contributed by atoms with Crippen molar-refractivity contribution in [1.82, 2.24) is 10.2 Å². The van der Waals surface area contributed by atoms with Gasteiger partial charge in [-0.3, -0.25) is 15.0 Å². The molecule has 4 N–H and O–H groups in total. The molecule has 0 aliphatic rings. The van der Waals surface area contributed by atoms with E-state index in [1.165, 1.54) is 0 Å². The molecule has 3 amide bonds. The van der Waals surface area contributed by atoms with Gasteiger partial charge in [0.15, 0.2) is 0 Å². The highest BCUT2D eigenvalue weighted by Crippen LogP contribution is 2.23. The van der Waals surface area contributed by atoms with Crippen LogP contribution in [-0.2, 0) is 11.3 Å². The number of nitrogens with two attached hydrogens (primary N) is 1. The zero-order valence-electron chi connectivity index (χ0n) is 12.0. The van der Waals surface area contributed by atoms with Crippen molar-refractivity contribution in [2.24, 2.45) is 5.73 Å². The van der Waals surface area contributed by atoms with E-state index in [4.69, 9.17) is 34.0 Å².